The number of hydrogen-bond donors (Lipinski definition) is 1. The maximum absolute atomic E-state index is 12.6. The second-order valence-corrected chi connectivity index (χ2v) is 5.09. The van der Waals surface area contributed by atoms with Crippen molar-refractivity contribution in [3.63, 3.8) is 0 Å². The number of carbonyl (C=O) groups excluding carboxylic acids is 1. The second-order valence-electron chi connectivity index (χ2n) is 5.09. The maximum atomic E-state index is 12.6. The number of nitrogens with two attached hydrogens (primary N) is 1. The van der Waals surface area contributed by atoms with Crippen molar-refractivity contribution in [1.82, 2.24) is 0 Å². The minimum Gasteiger partial charge on any atom is -0.399 e. The summed E-state index contributed by atoms with van der Waals surface area (Å²) >= 11 is 0. The lowest BCUT2D eigenvalue weighted by molar-refractivity contribution is 0.103. The Morgan fingerprint density at radius 1 is 1.00 bits per heavy atom. The van der Waals surface area contributed by atoms with Gasteiger partial charge in [-0.25, -0.2) is 0 Å². The summed E-state index contributed by atoms with van der Waals surface area (Å²) in [6, 6.07) is 11.5. The van der Waals surface area contributed by atoms with Gasteiger partial charge in [0.1, 0.15) is 0 Å². The summed E-state index contributed by atoms with van der Waals surface area (Å²) in [7, 11) is 0. The zero-order chi connectivity index (χ0) is 14.7. The van der Waals surface area contributed by atoms with Crippen LogP contribution >= 0.6 is 0 Å². The van der Waals surface area contributed by atoms with Gasteiger partial charge in [0, 0.05) is 16.8 Å². The molecule has 0 fully saturated rings. The number of benzene rings is 2. The van der Waals surface area contributed by atoms with E-state index in [0.29, 0.717) is 11.3 Å². The van der Waals surface area contributed by atoms with Crippen LogP contribution in [0.2, 0.25) is 0 Å². The van der Waals surface area contributed by atoms with Gasteiger partial charge in [-0.3, -0.25) is 4.79 Å². The van der Waals surface area contributed by atoms with Crippen molar-refractivity contribution in [2.45, 2.75) is 33.6 Å². The van der Waals surface area contributed by atoms with Gasteiger partial charge in [-0.05, 0) is 54.7 Å². The van der Waals surface area contributed by atoms with E-state index < -0.39 is 0 Å². The van der Waals surface area contributed by atoms with Crippen molar-refractivity contribution >= 4 is 11.5 Å². The van der Waals surface area contributed by atoms with Gasteiger partial charge in [0.2, 0.25) is 0 Å². The highest BCUT2D eigenvalue weighted by Crippen LogP contribution is 2.20. The Bertz CT molecular complexity index is 644. The van der Waals surface area contributed by atoms with E-state index in [1.165, 1.54) is 11.1 Å². The van der Waals surface area contributed by atoms with Crippen LogP contribution in [-0.2, 0) is 12.8 Å². The van der Waals surface area contributed by atoms with Crippen LogP contribution in [-0.4, -0.2) is 5.78 Å². The number of ketones is 1. The Hall–Kier alpha value is -2.09. The van der Waals surface area contributed by atoms with E-state index in [2.05, 4.69) is 19.9 Å². The fourth-order valence-corrected chi connectivity index (χ4v) is 2.48. The monoisotopic (exact) mass is 267 g/mol. The van der Waals surface area contributed by atoms with Crippen molar-refractivity contribution in [1.29, 1.82) is 0 Å². The van der Waals surface area contributed by atoms with Gasteiger partial charge in [0.15, 0.2) is 5.78 Å². The molecule has 2 nitrogen and oxygen atoms in total. The second kappa shape index (κ2) is 5.91. The lowest BCUT2D eigenvalue weighted by Crippen LogP contribution is -2.06. The van der Waals surface area contributed by atoms with E-state index in [-0.39, 0.29) is 5.78 Å². The fourth-order valence-electron chi connectivity index (χ4n) is 2.48. The first-order chi connectivity index (χ1) is 9.56. The maximum Gasteiger partial charge on any atom is 0.193 e. The molecule has 2 aromatic carbocycles. The molecule has 0 aliphatic carbocycles. The molecule has 0 heterocycles. The summed E-state index contributed by atoms with van der Waals surface area (Å²) in [6.07, 6.45) is 1.94. The first-order valence-electron chi connectivity index (χ1n) is 7.09. The zero-order valence-electron chi connectivity index (χ0n) is 12.4. The Labute approximate surface area is 120 Å². The molecule has 2 aromatic rings. The summed E-state index contributed by atoms with van der Waals surface area (Å²) in [5.41, 5.74) is 11.4. The molecule has 0 aliphatic heterocycles. The number of anilines is 1. The van der Waals surface area contributed by atoms with Gasteiger partial charge in [-0.2, -0.15) is 0 Å². The topological polar surface area (TPSA) is 43.1 Å². The van der Waals surface area contributed by atoms with Crippen molar-refractivity contribution in [2.75, 3.05) is 5.73 Å². The van der Waals surface area contributed by atoms with Crippen LogP contribution in [0.25, 0.3) is 0 Å². The van der Waals surface area contributed by atoms with Gasteiger partial charge >= 0.3 is 0 Å². The molecule has 0 saturated heterocycles. The smallest absolute Gasteiger partial charge is 0.193 e. The lowest BCUT2D eigenvalue weighted by atomic mass is 9.94. The largest absolute Gasteiger partial charge is 0.399 e. The third kappa shape index (κ3) is 2.74. The van der Waals surface area contributed by atoms with E-state index in [0.717, 1.165) is 24.0 Å². The Morgan fingerprint density at radius 2 is 1.70 bits per heavy atom. The fraction of sp³-hybridized carbons (Fsp3) is 0.278. The molecule has 0 amide bonds. The third-order valence-electron chi connectivity index (χ3n) is 3.74. The third-order valence-corrected chi connectivity index (χ3v) is 3.74. The van der Waals surface area contributed by atoms with E-state index in [9.17, 15) is 4.79 Å². The van der Waals surface area contributed by atoms with E-state index in [4.69, 9.17) is 5.73 Å². The van der Waals surface area contributed by atoms with Crippen LogP contribution in [0.1, 0.15) is 46.5 Å². The van der Waals surface area contributed by atoms with Crippen LogP contribution in [0.4, 0.5) is 5.69 Å². The molecule has 2 N–H and O–H groups in total. The Balaban J connectivity index is 2.45. The molecular weight excluding hydrogens is 246 g/mol. The van der Waals surface area contributed by atoms with Crippen LogP contribution in [0.15, 0.2) is 36.4 Å². The number of carbonyl (C=O) groups is 1. The summed E-state index contributed by atoms with van der Waals surface area (Å²) in [4.78, 5) is 12.6. The molecule has 0 unspecified atom stereocenters. The average Bonchev–Trinajstić information content (AvgIpc) is 2.48. The Kier molecular flexibility index (Phi) is 4.23. The highest BCUT2D eigenvalue weighted by atomic mass is 16.1. The van der Waals surface area contributed by atoms with Crippen LogP contribution < -0.4 is 5.73 Å². The molecule has 2 heteroatoms. The van der Waals surface area contributed by atoms with E-state index >= 15 is 0 Å². The molecule has 0 saturated carbocycles. The lowest BCUT2D eigenvalue weighted by Gasteiger charge is -2.10. The normalized spacial score (nSPS) is 10.6. The van der Waals surface area contributed by atoms with E-state index in [1.54, 1.807) is 6.07 Å². The molecular formula is C18H21NO. The molecule has 0 spiro atoms. The zero-order valence-corrected chi connectivity index (χ0v) is 12.4. The highest BCUT2D eigenvalue weighted by molar-refractivity contribution is 6.10. The van der Waals surface area contributed by atoms with Gasteiger partial charge in [0.05, 0.1) is 0 Å². The molecule has 2 rings (SSSR count). The van der Waals surface area contributed by atoms with Gasteiger partial charge in [-0.1, -0.05) is 32.0 Å². The molecule has 0 aromatic heterocycles. The number of aryl methyl sites for hydroxylation is 3. The Morgan fingerprint density at radius 3 is 2.35 bits per heavy atom. The van der Waals surface area contributed by atoms with Gasteiger partial charge in [-0.15, -0.1) is 0 Å². The highest BCUT2D eigenvalue weighted by Gasteiger charge is 2.13. The summed E-state index contributed by atoms with van der Waals surface area (Å²) in [5, 5.41) is 0. The molecule has 0 atom stereocenters. The predicted molar refractivity (Wildman–Crippen MR) is 84.2 cm³/mol. The minimum absolute atomic E-state index is 0.0483. The number of hydrogen-bond acceptors (Lipinski definition) is 2. The summed E-state index contributed by atoms with van der Waals surface area (Å²) < 4.78 is 0. The molecule has 0 radical (unpaired) electrons. The molecule has 0 aliphatic rings. The SMILES string of the molecule is CCc1ccc(C(=O)c2cc(N)ccc2C)cc1CC. The van der Waals surface area contributed by atoms with Crippen molar-refractivity contribution in [2.24, 2.45) is 0 Å². The molecule has 0 bridgehead atoms. The average molecular weight is 267 g/mol. The standard InChI is InChI=1S/C18H21NO/c1-4-13-7-8-15(10-14(13)5-2)18(20)17-11-16(19)9-6-12(17)3/h6-11H,4-5,19H2,1-3H3. The van der Waals surface area contributed by atoms with Gasteiger partial charge in [0.25, 0.3) is 0 Å². The van der Waals surface area contributed by atoms with Crippen molar-refractivity contribution in [3.05, 3.63) is 64.2 Å². The molecule has 20 heavy (non-hydrogen) atoms. The van der Waals surface area contributed by atoms with Crippen LogP contribution in [0.3, 0.4) is 0 Å². The first-order valence-corrected chi connectivity index (χ1v) is 7.09. The first kappa shape index (κ1) is 14.3. The quantitative estimate of drug-likeness (QED) is 0.673. The van der Waals surface area contributed by atoms with Crippen molar-refractivity contribution < 1.29 is 4.79 Å². The summed E-state index contributed by atoms with van der Waals surface area (Å²) in [6.45, 7) is 6.19. The van der Waals surface area contributed by atoms with Crippen LogP contribution in [0.5, 0.6) is 0 Å². The number of rotatable bonds is 4. The van der Waals surface area contributed by atoms with E-state index in [1.807, 2.05) is 31.2 Å². The van der Waals surface area contributed by atoms with Crippen LogP contribution in [0, 0.1) is 6.92 Å². The van der Waals surface area contributed by atoms with Crippen molar-refractivity contribution in [3.8, 4) is 0 Å². The molecule has 104 valence electrons. The minimum atomic E-state index is 0.0483. The predicted octanol–water partition coefficient (Wildman–Crippen LogP) is 3.93. The van der Waals surface area contributed by atoms with Gasteiger partial charge < -0.3 is 5.73 Å². The summed E-state index contributed by atoms with van der Waals surface area (Å²) in [5.74, 6) is 0.0483. The number of nitrogen functional groups attached to an aromatic ring is 1.